The number of amides is 1. The van der Waals surface area contributed by atoms with E-state index in [0.717, 1.165) is 0 Å². The van der Waals surface area contributed by atoms with Gasteiger partial charge < -0.3 is 30.1 Å². The first-order valence-electron chi connectivity index (χ1n) is 5.15. The van der Waals surface area contributed by atoms with E-state index in [1.807, 2.05) is 0 Å². The molecule has 1 aliphatic heterocycles. The molecule has 0 aliphatic carbocycles. The van der Waals surface area contributed by atoms with Crippen LogP contribution in [0.3, 0.4) is 0 Å². The minimum absolute atomic E-state index is 0.0948. The fourth-order valence-corrected chi connectivity index (χ4v) is 1.46. The van der Waals surface area contributed by atoms with E-state index >= 15 is 0 Å². The second-order valence-electron chi connectivity index (χ2n) is 3.55. The summed E-state index contributed by atoms with van der Waals surface area (Å²) < 4.78 is 10.0. The highest BCUT2D eigenvalue weighted by molar-refractivity contribution is 5.67. The van der Waals surface area contributed by atoms with Gasteiger partial charge in [0.25, 0.3) is 0 Å². The lowest BCUT2D eigenvalue weighted by Crippen LogP contribution is -2.41. The van der Waals surface area contributed by atoms with E-state index in [1.54, 1.807) is 0 Å². The fraction of sp³-hybridized carbons (Fsp3) is 0.889. The number of ether oxygens (including phenoxy) is 2. The number of aliphatic hydroxyl groups excluding tert-OH is 3. The zero-order chi connectivity index (χ0) is 12.0. The number of nitrogens with one attached hydrogen (secondary N) is 1. The Morgan fingerprint density at radius 1 is 1.44 bits per heavy atom. The van der Waals surface area contributed by atoms with Crippen molar-refractivity contribution < 1.29 is 29.6 Å². The van der Waals surface area contributed by atoms with Crippen LogP contribution in [-0.4, -0.2) is 59.7 Å². The maximum atomic E-state index is 11.1. The monoisotopic (exact) mass is 235 g/mol. The molecular formula is C9H17NO6. The second-order valence-corrected chi connectivity index (χ2v) is 3.55. The molecule has 0 aromatic heterocycles. The van der Waals surface area contributed by atoms with Crippen molar-refractivity contribution in [3.8, 4) is 0 Å². The predicted molar refractivity (Wildman–Crippen MR) is 52.6 cm³/mol. The molecule has 0 aromatic carbocycles. The number of alkyl carbamates (subject to hydrolysis) is 1. The second kappa shape index (κ2) is 6.64. The summed E-state index contributed by atoms with van der Waals surface area (Å²) >= 11 is 0. The van der Waals surface area contributed by atoms with Gasteiger partial charge in [-0.25, -0.2) is 4.79 Å². The number of hydrogen-bond acceptors (Lipinski definition) is 6. The van der Waals surface area contributed by atoms with Gasteiger partial charge in [-0.15, -0.1) is 0 Å². The SMILES string of the molecule is O=C(NCCO)OC1CC(O)CC(CO)O1. The van der Waals surface area contributed by atoms with E-state index < -0.39 is 24.6 Å². The molecular weight excluding hydrogens is 218 g/mol. The highest BCUT2D eigenvalue weighted by Gasteiger charge is 2.30. The average molecular weight is 235 g/mol. The maximum Gasteiger partial charge on any atom is 0.409 e. The molecule has 3 atom stereocenters. The fourth-order valence-electron chi connectivity index (χ4n) is 1.46. The van der Waals surface area contributed by atoms with Crippen molar-refractivity contribution in [3.63, 3.8) is 0 Å². The van der Waals surface area contributed by atoms with Gasteiger partial charge in [0.15, 0.2) is 0 Å². The van der Waals surface area contributed by atoms with Gasteiger partial charge in [0.2, 0.25) is 6.29 Å². The Hall–Kier alpha value is -0.890. The van der Waals surface area contributed by atoms with Gasteiger partial charge >= 0.3 is 6.09 Å². The third-order valence-electron chi connectivity index (χ3n) is 2.17. The summed E-state index contributed by atoms with van der Waals surface area (Å²) in [6.45, 7) is -0.310. The predicted octanol–water partition coefficient (Wildman–Crippen LogP) is -1.44. The highest BCUT2D eigenvalue weighted by Crippen LogP contribution is 2.20. The lowest BCUT2D eigenvalue weighted by molar-refractivity contribution is -0.196. The Kier molecular flexibility index (Phi) is 5.47. The number of carbonyl (C=O) groups excluding carboxylic acids is 1. The lowest BCUT2D eigenvalue weighted by atomic mass is 10.1. The Labute approximate surface area is 93.0 Å². The first-order chi connectivity index (χ1) is 7.65. The summed E-state index contributed by atoms with van der Waals surface area (Å²) in [4.78, 5) is 11.1. The van der Waals surface area contributed by atoms with Crippen LogP contribution >= 0.6 is 0 Å². The van der Waals surface area contributed by atoms with Crippen LogP contribution in [0.25, 0.3) is 0 Å². The molecule has 0 radical (unpaired) electrons. The lowest BCUT2D eigenvalue weighted by Gasteiger charge is -2.31. The van der Waals surface area contributed by atoms with Crippen LogP contribution in [0, 0.1) is 0 Å². The van der Waals surface area contributed by atoms with Gasteiger partial charge in [0.1, 0.15) is 0 Å². The van der Waals surface area contributed by atoms with Gasteiger partial charge in [0.05, 0.1) is 25.4 Å². The van der Waals surface area contributed by atoms with Gasteiger partial charge in [0, 0.05) is 19.4 Å². The van der Waals surface area contributed by atoms with E-state index in [1.165, 1.54) is 0 Å². The van der Waals surface area contributed by atoms with Crippen LogP contribution in [-0.2, 0) is 9.47 Å². The summed E-state index contributed by atoms with van der Waals surface area (Å²) in [5.74, 6) is 0. The Morgan fingerprint density at radius 2 is 2.19 bits per heavy atom. The van der Waals surface area contributed by atoms with Crippen molar-refractivity contribution in [1.82, 2.24) is 5.32 Å². The molecule has 1 aliphatic rings. The summed E-state index contributed by atoms with van der Waals surface area (Å²) in [6.07, 6.45) is -2.23. The maximum absolute atomic E-state index is 11.1. The number of rotatable bonds is 4. The quantitative estimate of drug-likeness (QED) is 0.475. The molecule has 16 heavy (non-hydrogen) atoms. The number of carbonyl (C=O) groups is 1. The molecule has 94 valence electrons. The Balaban J connectivity index is 2.32. The molecule has 0 bridgehead atoms. The van der Waals surface area contributed by atoms with Gasteiger partial charge in [-0.1, -0.05) is 0 Å². The Bertz CT molecular complexity index is 224. The van der Waals surface area contributed by atoms with Crippen molar-refractivity contribution >= 4 is 6.09 Å². The van der Waals surface area contributed by atoms with Crippen molar-refractivity contribution in [1.29, 1.82) is 0 Å². The van der Waals surface area contributed by atoms with Gasteiger partial charge in [-0.2, -0.15) is 0 Å². The van der Waals surface area contributed by atoms with E-state index in [0.29, 0.717) is 6.42 Å². The van der Waals surface area contributed by atoms with Crippen LogP contribution in [0.15, 0.2) is 0 Å². The zero-order valence-electron chi connectivity index (χ0n) is 8.83. The molecule has 7 heteroatoms. The van der Waals surface area contributed by atoms with Crippen LogP contribution in [0.4, 0.5) is 4.79 Å². The van der Waals surface area contributed by atoms with E-state index in [2.05, 4.69) is 5.32 Å². The highest BCUT2D eigenvalue weighted by atomic mass is 16.7. The van der Waals surface area contributed by atoms with E-state index in [4.69, 9.17) is 19.7 Å². The van der Waals surface area contributed by atoms with E-state index in [-0.39, 0.29) is 26.2 Å². The van der Waals surface area contributed by atoms with Crippen LogP contribution in [0.5, 0.6) is 0 Å². The topological polar surface area (TPSA) is 108 Å². The van der Waals surface area contributed by atoms with Crippen molar-refractivity contribution in [2.45, 2.75) is 31.3 Å². The molecule has 1 fully saturated rings. The third kappa shape index (κ3) is 4.31. The number of hydrogen-bond donors (Lipinski definition) is 4. The summed E-state index contributed by atoms with van der Waals surface area (Å²) in [5.41, 5.74) is 0. The average Bonchev–Trinajstić information content (AvgIpc) is 2.25. The van der Waals surface area contributed by atoms with Crippen molar-refractivity contribution in [2.24, 2.45) is 0 Å². The van der Waals surface area contributed by atoms with Gasteiger partial charge in [-0.05, 0) is 0 Å². The minimum Gasteiger partial charge on any atom is -0.420 e. The van der Waals surface area contributed by atoms with Crippen LogP contribution in [0.1, 0.15) is 12.8 Å². The summed E-state index contributed by atoms with van der Waals surface area (Å²) in [6, 6.07) is 0. The number of aliphatic hydroxyl groups is 3. The molecule has 0 aromatic rings. The Morgan fingerprint density at radius 3 is 2.81 bits per heavy atom. The molecule has 0 spiro atoms. The molecule has 1 rings (SSSR count). The zero-order valence-corrected chi connectivity index (χ0v) is 8.83. The first-order valence-corrected chi connectivity index (χ1v) is 5.15. The van der Waals surface area contributed by atoms with Crippen LogP contribution in [0.2, 0.25) is 0 Å². The molecule has 1 saturated heterocycles. The molecule has 3 unspecified atom stereocenters. The van der Waals surface area contributed by atoms with Crippen molar-refractivity contribution in [3.05, 3.63) is 0 Å². The van der Waals surface area contributed by atoms with Crippen LogP contribution < -0.4 is 5.32 Å². The summed E-state index contributed by atoms with van der Waals surface area (Å²) in [5, 5.41) is 29.1. The molecule has 1 heterocycles. The standard InChI is InChI=1S/C9H17NO6/c11-2-1-10-9(14)16-8-4-6(13)3-7(5-12)15-8/h6-8,11-13H,1-5H2,(H,10,14). The molecule has 7 nitrogen and oxygen atoms in total. The third-order valence-corrected chi connectivity index (χ3v) is 2.17. The molecule has 1 amide bonds. The largest absolute Gasteiger partial charge is 0.420 e. The normalized spacial score (nSPS) is 29.8. The first kappa shape index (κ1) is 13.2. The van der Waals surface area contributed by atoms with Gasteiger partial charge in [-0.3, -0.25) is 0 Å². The van der Waals surface area contributed by atoms with Crippen molar-refractivity contribution in [2.75, 3.05) is 19.8 Å². The molecule has 4 N–H and O–H groups in total. The molecule has 0 saturated carbocycles. The smallest absolute Gasteiger partial charge is 0.409 e. The summed E-state index contributed by atoms with van der Waals surface area (Å²) in [7, 11) is 0. The minimum atomic E-state index is -0.861. The van der Waals surface area contributed by atoms with E-state index in [9.17, 15) is 9.90 Å².